The summed E-state index contributed by atoms with van der Waals surface area (Å²) in [5.74, 6) is 2.71. The quantitative estimate of drug-likeness (QED) is 0.296. The van der Waals surface area contributed by atoms with E-state index in [0.717, 1.165) is 24.5 Å². The van der Waals surface area contributed by atoms with Crippen LogP contribution in [0.2, 0.25) is 0 Å². The zero-order valence-electron chi connectivity index (χ0n) is 17.5. The van der Waals surface area contributed by atoms with Crippen LogP contribution in [-0.4, -0.2) is 59.6 Å². The van der Waals surface area contributed by atoms with Gasteiger partial charge in [0.25, 0.3) is 0 Å². The SMILES string of the molecule is CCNC(=NCC(C)(C)OC)NCCc1ccc(OC)c(OC)c1OC.I. The van der Waals surface area contributed by atoms with E-state index in [1.807, 2.05) is 32.9 Å². The highest BCUT2D eigenvalue weighted by atomic mass is 127. The molecule has 0 saturated heterocycles. The summed E-state index contributed by atoms with van der Waals surface area (Å²) in [4.78, 5) is 4.58. The van der Waals surface area contributed by atoms with Crippen molar-refractivity contribution >= 4 is 29.9 Å². The minimum Gasteiger partial charge on any atom is -0.493 e. The molecule has 0 aromatic heterocycles. The van der Waals surface area contributed by atoms with E-state index in [0.29, 0.717) is 30.3 Å². The number of benzene rings is 1. The van der Waals surface area contributed by atoms with E-state index >= 15 is 0 Å². The number of ether oxygens (including phenoxy) is 4. The monoisotopic (exact) mass is 495 g/mol. The van der Waals surface area contributed by atoms with Crippen LogP contribution in [-0.2, 0) is 11.2 Å². The molecule has 2 N–H and O–H groups in total. The molecule has 0 atom stereocenters. The molecular weight excluding hydrogens is 461 g/mol. The Balaban J connectivity index is 0.00000676. The summed E-state index contributed by atoms with van der Waals surface area (Å²) in [5.41, 5.74) is 0.736. The van der Waals surface area contributed by atoms with Gasteiger partial charge in [-0.05, 0) is 33.3 Å². The van der Waals surface area contributed by atoms with Crippen LogP contribution in [0.15, 0.2) is 17.1 Å². The largest absolute Gasteiger partial charge is 0.493 e. The van der Waals surface area contributed by atoms with E-state index in [2.05, 4.69) is 15.6 Å². The molecule has 8 heteroatoms. The lowest BCUT2D eigenvalue weighted by Gasteiger charge is -2.21. The number of guanidine groups is 1. The molecule has 0 fully saturated rings. The fourth-order valence-corrected chi connectivity index (χ4v) is 2.35. The van der Waals surface area contributed by atoms with Gasteiger partial charge in [0.1, 0.15) is 0 Å². The Kier molecular flexibility index (Phi) is 12.2. The molecule has 0 spiro atoms. The fraction of sp³-hybridized carbons (Fsp3) is 0.632. The number of nitrogens with one attached hydrogen (secondary N) is 2. The van der Waals surface area contributed by atoms with Gasteiger partial charge in [-0.1, -0.05) is 6.07 Å². The standard InChI is InChI=1S/C19H33N3O4.HI/c1-8-20-18(22-13-19(2,3)26-7)21-12-11-14-9-10-15(23-4)17(25-6)16(14)24-5;/h9-10H,8,11-13H2,1-7H3,(H2,20,21,22);1H. The molecule has 27 heavy (non-hydrogen) atoms. The second kappa shape index (κ2) is 12.9. The lowest BCUT2D eigenvalue weighted by atomic mass is 10.1. The molecule has 0 aliphatic heterocycles. The van der Waals surface area contributed by atoms with Gasteiger partial charge < -0.3 is 29.6 Å². The second-order valence-corrected chi connectivity index (χ2v) is 6.33. The summed E-state index contributed by atoms with van der Waals surface area (Å²) < 4.78 is 21.7. The lowest BCUT2D eigenvalue weighted by Crippen LogP contribution is -2.40. The highest BCUT2D eigenvalue weighted by molar-refractivity contribution is 14.0. The minimum atomic E-state index is -0.297. The van der Waals surface area contributed by atoms with Crippen molar-refractivity contribution in [2.75, 3.05) is 48.1 Å². The first-order valence-electron chi connectivity index (χ1n) is 8.77. The zero-order chi connectivity index (χ0) is 19.6. The van der Waals surface area contributed by atoms with Gasteiger partial charge in [-0.25, -0.2) is 0 Å². The molecule has 1 aromatic rings. The first kappa shape index (κ1) is 25.6. The van der Waals surface area contributed by atoms with Crippen molar-refractivity contribution in [2.45, 2.75) is 32.8 Å². The van der Waals surface area contributed by atoms with E-state index in [-0.39, 0.29) is 29.6 Å². The van der Waals surface area contributed by atoms with Gasteiger partial charge >= 0.3 is 0 Å². The molecule has 0 saturated carbocycles. The van der Waals surface area contributed by atoms with E-state index < -0.39 is 0 Å². The Morgan fingerprint density at radius 1 is 1.00 bits per heavy atom. The molecule has 1 aromatic carbocycles. The molecule has 0 amide bonds. The van der Waals surface area contributed by atoms with Gasteiger partial charge in [0.2, 0.25) is 5.75 Å². The molecule has 0 unspecified atom stereocenters. The van der Waals surface area contributed by atoms with Crippen LogP contribution in [0.25, 0.3) is 0 Å². The van der Waals surface area contributed by atoms with Crippen LogP contribution in [0.4, 0.5) is 0 Å². The highest BCUT2D eigenvalue weighted by Gasteiger charge is 2.17. The van der Waals surface area contributed by atoms with Crippen molar-refractivity contribution in [1.29, 1.82) is 0 Å². The van der Waals surface area contributed by atoms with Crippen molar-refractivity contribution in [2.24, 2.45) is 4.99 Å². The van der Waals surface area contributed by atoms with Crippen molar-refractivity contribution in [3.8, 4) is 17.2 Å². The first-order chi connectivity index (χ1) is 12.4. The van der Waals surface area contributed by atoms with Crippen LogP contribution in [0, 0.1) is 0 Å². The Labute approximate surface area is 180 Å². The number of hydrogen-bond acceptors (Lipinski definition) is 5. The van der Waals surface area contributed by atoms with Crippen LogP contribution in [0.5, 0.6) is 17.2 Å². The van der Waals surface area contributed by atoms with Crippen LogP contribution >= 0.6 is 24.0 Å². The number of halogens is 1. The fourth-order valence-electron chi connectivity index (χ4n) is 2.35. The van der Waals surface area contributed by atoms with E-state index in [1.54, 1.807) is 28.4 Å². The second-order valence-electron chi connectivity index (χ2n) is 6.33. The summed E-state index contributed by atoms with van der Waals surface area (Å²) in [6, 6.07) is 3.87. The van der Waals surface area contributed by atoms with Crippen molar-refractivity contribution in [3.05, 3.63) is 17.7 Å². The van der Waals surface area contributed by atoms with E-state index in [4.69, 9.17) is 18.9 Å². The molecule has 0 radical (unpaired) electrons. The van der Waals surface area contributed by atoms with Gasteiger partial charge in [-0.2, -0.15) is 0 Å². The van der Waals surface area contributed by atoms with Gasteiger partial charge in [-0.3, -0.25) is 4.99 Å². The van der Waals surface area contributed by atoms with Crippen molar-refractivity contribution in [3.63, 3.8) is 0 Å². The molecule has 156 valence electrons. The Bertz CT molecular complexity index is 595. The molecule has 0 heterocycles. The highest BCUT2D eigenvalue weighted by Crippen LogP contribution is 2.39. The maximum atomic E-state index is 5.53. The molecular formula is C19H34IN3O4. The van der Waals surface area contributed by atoms with Gasteiger partial charge in [0.15, 0.2) is 17.5 Å². The number of aliphatic imine (C=N–C) groups is 1. The summed E-state index contributed by atoms with van der Waals surface area (Å²) in [7, 11) is 6.54. The number of rotatable bonds is 10. The lowest BCUT2D eigenvalue weighted by molar-refractivity contribution is 0.0310. The Morgan fingerprint density at radius 2 is 1.67 bits per heavy atom. The Hall–Kier alpha value is -1.42. The number of nitrogens with zero attached hydrogens (tertiary/aromatic N) is 1. The summed E-state index contributed by atoms with van der Waals surface area (Å²) in [6.45, 7) is 8.11. The van der Waals surface area contributed by atoms with E-state index in [1.165, 1.54) is 0 Å². The van der Waals surface area contributed by atoms with Crippen molar-refractivity contribution < 1.29 is 18.9 Å². The summed E-state index contributed by atoms with van der Waals surface area (Å²) >= 11 is 0. The first-order valence-corrected chi connectivity index (χ1v) is 8.77. The topological polar surface area (TPSA) is 73.3 Å². The summed E-state index contributed by atoms with van der Waals surface area (Å²) in [6.07, 6.45) is 0.752. The van der Waals surface area contributed by atoms with Crippen LogP contribution in [0.1, 0.15) is 26.3 Å². The van der Waals surface area contributed by atoms with Gasteiger partial charge in [0.05, 0.1) is 33.5 Å². The number of methoxy groups -OCH3 is 4. The normalized spacial score (nSPS) is 11.4. The molecule has 0 aliphatic carbocycles. The maximum absolute atomic E-state index is 5.53. The number of hydrogen-bond donors (Lipinski definition) is 2. The third-order valence-electron chi connectivity index (χ3n) is 3.99. The predicted octanol–water partition coefficient (Wildman–Crippen LogP) is 2.85. The third-order valence-corrected chi connectivity index (χ3v) is 3.99. The van der Waals surface area contributed by atoms with Crippen molar-refractivity contribution in [1.82, 2.24) is 10.6 Å². The van der Waals surface area contributed by atoms with Gasteiger partial charge in [0, 0.05) is 25.8 Å². The average Bonchev–Trinajstić information content (AvgIpc) is 2.65. The third kappa shape index (κ3) is 8.00. The molecule has 0 aliphatic rings. The maximum Gasteiger partial charge on any atom is 0.203 e. The Morgan fingerprint density at radius 3 is 2.19 bits per heavy atom. The molecule has 7 nitrogen and oxygen atoms in total. The van der Waals surface area contributed by atoms with Crippen LogP contribution in [0.3, 0.4) is 0 Å². The predicted molar refractivity (Wildman–Crippen MR) is 120 cm³/mol. The smallest absolute Gasteiger partial charge is 0.203 e. The van der Waals surface area contributed by atoms with Crippen LogP contribution < -0.4 is 24.8 Å². The average molecular weight is 495 g/mol. The zero-order valence-corrected chi connectivity index (χ0v) is 19.8. The molecule has 1 rings (SSSR count). The molecule has 0 bridgehead atoms. The van der Waals surface area contributed by atoms with Gasteiger partial charge in [-0.15, -0.1) is 24.0 Å². The van der Waals surface area contributed by atoms with E-state index in [9.17, 15) is 0 Å². The minimum absolute atomic E-state index is 0. The summed E-state index contributed by atoms with van der Waals surface area (Å²) in [5, 5.41) is 6.58.